The van der Waals surface area contributed by atoms with Crippen molar-refractivity contribution in [2.45, 2.75) is 26.2 Å². The number of nitrogens with zero attached hydrogens (tertiary/aromatic N) is 1. The van der Waals surface area contributed by atoms with Gasteiger partial charge in [-0.15, -0.1) is 0 Å². The monoisotopic (exact) mass is 249 g/mol. The number of ketones is 1. The van der Waals surface area contributed by atoms with Crippen molar-refractivity contribution >= 4 is 5.78 Å². The van der Waals surface area contributed by atoms with Crippen LogP contribution in [0.3, 0.4) is 0 Å². The lowest BCUT2D eigenvalue weighted by atomic mass is 9.90. The molecule has 0 amide bonds. The van der Waals surface area contributed by atoms with Crippen LogP contribution in [-0.2, 0) is 0 Å². The minimum atomic E-state index is -0.289. The predicted molar refractivity (Wildman–Crippen MR) is 70.2 cm³/mol. The van der Waals surface area contributed by atoms with Gasteiger partial charge in [0.05, 0.1) is 0 Å². The van der Waals surface area contributed by atoms with Crippen LogP contribution in [0, 0.1) is 11.7 Å². The molecule has 0 aromatic heterocycles. The van der Waals surface area contributed by atoms with Crippen LogP contribution >= 0.6 is 0 Å². The van der Waals surface area contributed by atoms with Gasteiger partial charge in [-0.1, -0.05) is 6.92 Å². The summed E-state index contributed by atoms with van der Waals surface area (Å²) >= 11 is 0. The van der Waals surface area contributed by atoms with Gasteiger partial charge in [-0.05, 0) is 62.7 Å². The van der Waals surface area contributed by atoms with E-state index < -0.39 is 0 Å². The first-order valence-corrected chi connectivity index (χ1v) is 6.70. The average Bonchev–Trinajstić information content (AvgIpc) is 2.40. The maximum atomic E-state index is 12.8. The van der Waals surface area contributed by atoms with Crippen molar-refractivity contribution in [3.8, 4) is 0 Å². The second-order valence-corrected chi connectivity index (χ2v) is 5.01. The summed E-state index contributed by atoms with van der Waals surface area (Å²) in [5.41, 5.74) is 0.634. The van der Waals surface area contributed by atoms with Crippen LogP contribution in [0.2, 0.25) is 0 Å². The normalized spacial score (nSPS) is 17.9. The Hall–Kier alpha value is -1.22. The Morgan fingerprint density at radius 2 is 1.89 bits per heavy atom. The number of hydrogen-bond donors (Lipinski definition) is 0. The summed E-state index contributed by atoms with van der Waals surface area (Å²) in [5.74, 6) is 0.345. The molecule has 0 radical (unpaired) electrons. The molecule has 1 fully saturated rings. The fraction of sp³-hybridized carbons (Fsp3) is 0.533. The van der Waals surface area contributed by atoms with Crippen molar-refractivity contribution in [1.29, 1.82) is 0 Å². The number of hydrogen-bond acceptors (Lipinski definition) is 2. The van der Waals surface area contributed by atoms with Crippen molar-refractivity contribution in [3.05, 3.63) is 35.6 Å². The van der Waals surface area contributed by atoms with Gasteiger partial charge in [-0.25, -0.2) is 4.39 Å². The van der Waals surface area contributed by atoms with Crippen molar-refractivity contribution in [3.63, 3.8) is 0 Å². The van der Waals surface area contributed by atoms with Gasteiger partial charge < -0.3 is 4.90 Å². The summed E-state index contributed by atoms with van der Waals surface area (Å²) in [6, 6.07) is 5.87. The minimum absolute atomic E-state index is 0.143. The summed E-state index contributed by atoms with van der Waals surface area (Å²) in [6.07, 6.45) is 2.80. The van der Waals surface area contributed by atoms with Crippen molar-refractivity contribution in [2.24, 2.45) is 5.92 Å². The van der Waals surface area contributed by atoms with E-state index in [1.54, 1.807) is 12.1 Å². The Kier molecular flexibility index (Phi) is 4.48. The lowest BCUT2D eigenvalue weighted by molar-refractivity contribution is 0.0930. The zero-order valence-electron chi connectivity index (χ0n) is 10.9. The van der Waals surface area contributed by atoms with Gasteiger partial charge in [-0.3, -0.25) is 4.79 Å². The number of halogens is 1. The summed E-state index contributed by atoms with van der Waals surface area (Å²) in [4.78, 5) is 14.5. The fourth-order valence-corrected chi connectivity index (χ4v) is 2.52. The summed E-state index contributed by atoms with van der Waals surface area (Å²) in [5, 5.41) is 0. The molecule has 98 valence electrons. The van der Waals surface area contributed by atoms with E-state index in [-0.39, 0.29) is 11.6 Å². The second kappa shape index (κ2) is 6.10. The Morgan fingerprint density at radius 1 is 1.28 bits per heavy atom. The van der Waals surface area contributed by atoms with Gasteiger partial charge in [-0.2, -0.15) is 0 Å². The standard InChI is InChI=1S/C15H20FNO/c1-2-17-9-7-12(8-10-17)11-15(18)13-3-5-14(16)6-4-13/h3-6,12H,2,7-11H2,1H3. The van der Waals surface area contributed by atoms with E-state index >= 15 is 0 Å². The average molecular weight is 249 g/mol. The van der Waals surface area contributed by atoms with Gasteiger partial charge >= 0.3 is 0 Å². The SMILES string of the molecule is CCN1CCC(CC(=O)c2ccc(F)cc2)CC1. The number of piperidine rings is 1. The second-order valence-electron chi connectivity index (χ2n) is 5.01. The van der Waals surface area contributed by atoms with Gasteiger partial charge in [0.1, 0.15) is 5.82 Å². The third-order valence-electron chi connectivity index (χ3n) is 3.79. The molecule has 2 nitrogen and oxygen atoms in total. The van der Waals surface area contributed by atoms with E-state index in [0.717, 1.165) is 32.5 Å². The molecule has 1 aliphatic rings. The maximum Gasteiger partial charge on any atom is 0.163 e. The predicted octanol–water partition coefficient (Wildman–Crippen LogP) is 3.13. The number of likely N-dealkylation sites (tertiary alicyclic amines) is 1. The number of carbonyl (C=O) groups is 1. The van der Waals surface area contributed by atoms with Crippen molar-refractivity contribution < 1.29 is 9.18 Å². The van der Waals surface area contributed by atoms with Gasteiger partial charge in [0.15, 0.2) is 5.78 Å². The molecule has 0 unspecified atom stereocenters. The van der Waals surface area contributed by atoms with Crippen LogP contribution in [0.4, 0.5) is 4.39 Å². The highest BCUT2D eigenvalue weighted by molar-refractivity contribution is 5.96. The first-order valence-electron chi connectivity index (χ1n) is 6.70. The van der Waals surface area contributed by atoms with E-state index in [1.807, 2.05) is 0 Å². The third kappa shape index (κ3) is 3.39. The maximum absolute atomic E-state index is 12.8. The molecule has 0 spiro atoms. The van der Waals surface area contributed by atoms with Gasteiger partial charge in [0.2, 0.25) is 0 Å². The molecule has 1 heterocycles. The molecular formula is C15H20FNO. The van der Waals surface area contributed by atoms with Crippen LogP contribution in [0.1, 0.15) is 36.5 Å². The van der Waals surface area contributed by atoms with Crippen LogP contribution in [0.25, 0.3) is 0 Å². The van der Waals surface area contributed by atoms with E-state index in [0.29, 0.717) is 17.9 Å². The number of benzene rings is 1. The highest BCUT2D eigenvalue weighted by Gasteiger charge is 2.21. The van der Waals surface area contributed by atoms with E-state index in [2.05, 4.69) is 11.8 Å². The Bertz CT molecular complexity index is 393. The molecule has 1 aromatic rings. The van der Waals surface area contributed by atoms with E-state index in [1.165, 1.54) is 12.1 Å². The van der Waals surface area contributed by atoms with Crippen LogP contribution in [0.15, 0.2) is 24.3 Å². The quantitative estimate of drug-likeness (QED) is 0.764. The number of Topliss-reactive ketones (excluding diaryl/α,β-unsaturated/α-hetero) is 1. The van der Waals surface area contributed by atoms with Gasteiger partial charge in [0.25, 0.3) is 0 Å². The minimum Gasteiger partial charge on any atom is -0.304 e. The topological polar surface area (TPSA) is 20.3 Å². The van der Waals surface area contributed by atoms with Crippen molar-refractivity contribution in [1.82, 2.24) is 4.90 Å². The first kappa shape index (κ1) is 13.2. The zero-order chi connectivity index (χ0) is 13.0. The molecule has 3 heteroatoms. The molecule has 0 N–H and O–H groups in total. The summed E-state index contributed by atoms with van der Waals surface area (Å²) < 4.78 is 12.8. The molecule has 1 aliphatic heterocycles. The van der Waals surface area contributed by atoms with Crippen LogP contribution in [-0.4, -0.2) is 30.3 Å². The smallest absolute Gasteiger partial charge is 0.163 e. The molecular weight excluding hydrogens is 229 g/mol. The Labute approximate surface area is 108 Å². The molecule has 0 aliphatic carbocycles. The number of rotatable bonds is 4. The molecule has 0 atom stereocenters. The highest BCUT2D eigenvalue weighted by atomic mass is 19.1. The largest absolute Gasteiger partial charge is 0.304 e. The van der Waals surface area contributed by atoms with Crippen LogP contribution < -0.4 is 0 Å². The van der Waals surface area contributed by atoms with Crippen LogP contribution in [0.5, 0.6) is 0 Å². The lowest BCUT2D eigenvalue weighted by Gasteiger charge is -2.30. The van der Waals surface area contributed by atoms with E-state index in [9.17, 15) is 9.18 Å². The molecule has 1 saturated heterocycles. The Morgan fingerprint density at radius 3 is 2.44 bits per heavy atom. The molecule has 18 heavy (non-hydrogen) atoms. The van der Waals surface area contributed by atoms with Gasteiger partial charge in [0, 0.05) is 12.0 Å². The molecule has 2 rings (SSSR count). The van der Waals surface area contributed by atoms with E-state index in [4.69, 9.17) is 0 Å². The lowest BCUT2D eigenvalue weighted by Crippen LogP contribution is -2.34. The van der Waals surface area contributed by atoms with Crippen molar-refractivity contribution in [2.75, 3.05) is 19.6 Å². The zero-order valence-corrected chi connectivity index (χ0v) is 10.9. The molecule has 0 saturated carbocycles. The first-order chi connectivity index (χ1) is 8.69. The summed E-state index contributed by atoms with van der Waals surface area (Å²) in [6.45, 7) is 5.46. The number of carbonyl (C=O) groups excluding carboxylic acids is 1. The molecule has 0 bridgehead atoms. The summed E-state index contributed by atoms with van der Waals surface area (Å²) in [7, 11) is 0. The highest BCUT2D eigenvalue weighted by Crippen LogP contribution is 2.22. The molecule has 1 aromatic carbocycles. The third-order valence-corrected chi connectivity index (χ3v) is 3.79. The Balaban J connectivity index is 1.86. The fourth-order valence-electron chi connectivity index (χ4n) is 2.52.